The van der Waals surface area contributed by atoms with Crippen molar-refractivity contribution in [3.63, 3.8) is 0 Å². The van der Waals surface area contributed by atoms with E-state index in [0.29, 0.717) is 13.1 Å². The van der Waals surface area contributed by atoms with E-state index < -0.39 is 10.0 Å². The zero-order valence-electron chi connectivity index (χ0n) is 13.5. The number of nitrogens with zero attached hydrogens (tertiary/aromatic N) is 1. The van der Waals surface area contributed by atoms with Gasteiger partial charge in [0.15, 0.2) is 0 Å². The van der Waals surface area contributed by atoms with Gasteiger partial charge in [-0.05, 0) is 56.1 Å². The second-order valence-corrected chi connectivity index (χ2v) is 9.62. The summed E-state index contributed by atoms with van der Waals surface area (Å²) in [6.07, 6.45) is 7.73. The van der Waals surface area contributed by atoms with Gasteiger partial charge in [0, 0.05) is 24.5 Å². The quantitative estimate of drug-likeness (QED) is 0.898. The Labute approximate surface area is 142 Å². The molecule has 0 bridgehead atoms. The van der Waals surface area contributed by atoms with Crippen LogP contribution in [0.5, 0.6) is 0 Å². The number of nitrogens with one attached hydrogen (secondary N) is 1. The van der Waals surface area contributed by atoms with Gasteiger partial charge in [-0.25, -0.2) is 13.1 Å². The molecule has 1 aromatic heterocycles. The van der Waals surface area contributed by atoms with Crippen molar-refractivity contribution in [2.24, 2.45) is 5.92 Å². The molecule has 1 aliphatic heterocycles. The first-order chi connectivity index (χ1) is 10.9. The molecule has 3 rings (SSSR count). The molecule has 1 atom stereocenters. The number of hydrogen-bond donors (Lipinski definition) is 1. The molecule has 0 unspecified atom stereocenters. The maximum atomic E-state index is 12.8. The lowest BCUT2D eigenvalue weighted by molar-refractivity contribution is 0.0681. The average Bonchev–Trinajstić information content (AvgIpc) is 2.96. The number of piperidine rings is 1. The van der Waals surface area contributed by atoms with Gasteiger partial charge in [-0.2, -0.15) is 0 Å². The van der Waals surface area contributed by atoms with Crippen LogP contribution in [0.1, 0.15) is 45.8 Å². The first-order valence-corrected chi connectivity index (χ1v) is 11.0. The predicted octanol–water partition coefficient (Wildman–Crippen LogP) is 2.03. The highest BCUT2D eigenvalue weighted by atomic mass is 32.2. The lowest BCUT2D eigenvalue weighted by Gasteiger charge is -2.32. The van der Waals surface area contributed by atoms with Crippen molar-refractivity contribution < 1.29 is 13.2 Å². The second kappa shape index (κ2) is 6.91. The summed E-state index contributed by atoms with van der Waals surface area (Å²) in [6, 6.07) is 2.08. The van der Waals surface area contributed by atoms with Crippen molar-refractivity contribution in [3.8, 4) is 0 Å². The number of likely N-dealkylation sites (tertiary alicyclic amines) is 1. The Kier molecular flexibility index (Phi) is 5.08. The van der Waals surface area contributed by atoms with Crippen LogP contribution in [0.3, 0.4) is 0 Å². The number of hydrogen-bond acceptors (Lipinski definition) is 4. The Balaban J connectivity index is 1.63. The van der Waals surface area contributed by atoms with Gasteiger partial charge in [-0.3, -0.25) is 4.79 Å². The molecule has 128 valence electrons. The highest BCUT2D eigenvalue weighted by Gasteiger charge is 2.27. The number of carbonyl (C=O) groups is 1. The molecule has 2 aliphatic rings. The van der Waals surface area contributed by atoms with Crippen molar-refractivity contribution in [2.75, 3.05) is 25.9 Å². The Bertz CT molecular complexity index is 658. The van der Waals surface area contributed by atoms with E-state index in [9.17, 15) is 13.2 Å². The number of sulfonamides is 1. The molecule has 23 heavy (non-hydrogen) atoms. The third kappa shape index (κ3) is 4.33. The molecule has 5 nitrogen and oxygen atoms in total. The molecule has 1 saturated heterocycles. The van der Waals surface area contributed by atoms with Gasteiger partial charge >= 0.3 is 0 Å². The minimum absolute atomic E-state index is 0.119. The fourth-order valence-corrected chi connectivity index (χ4v) is 5.20. The zero-order valence-corrected chi connectivity index (χ0v) is 15.1. The van der Waals surface area contributed by atoms with Crippen LogP contribution in [0.2, 0.25) is 0 Å². The van der Waals surface area contributed by atoms with Gasteiger partial charge < -0.3 is 4.90 Å². The molecular formula is C16H24N2O3S2. The maximum absolute atomic E-state index is 12.8. The van der Waals surface area contributed by atoms with Crippen molar-refractivity contribution in [1.29, 1.82) is 0 Å². The number of rotatable bonds is 4. The Morgan fingerprint density at radius 3 is 2.87 bits per heavy atom. The van der Waals surface area contributed by atoms with E-state index >= 15 is 0 Å². The van der Waals surface area contributed by atoms with E-state index in [0.717, 1.165) is 37.1 Å². The molecule has 0 aromatic carbocycles. The van der Waals surface area contributed by atoms with Crippen LogP contribution in [0.4, 0.5) is 0 Å². The summed E-state index contributed by atoms with van der Waals surface area (Å²) in [7, 11) is -3.17. The third-order valence-corrected chi connectivity index (χ3v) is 6.56. The molecule has 2 heterocycles. The molecule has 1 amide bonds. The van der Waals surface area contributed by atoms with Crippen LogP contribution in [0.15, 0.2) is 6.07 Å². The van der Waals surface area contributed by atoms with E-state index in [4.69, 9.17) is 0 Å². The lowest BCUT2D eigenvalue weighted by atomic mass is 9.97. The molecule has 0 radical (unpaired) electrons. The summed E-state index contributed by atoms with van der Waals surface area (Å²) >= 11 is 1.65. The Hall–Kier alpha value is -0.920. The van der Waals surface area contributed by atoms with Gasteiger partial charge in [0.1, 0.15) is 0 Å². The molecule has 1 N–H and O–H groups in total. The van der Waals surface area contributed by atoms with E-state index in [1.807, 2.05) is 4.90 Å². The van der Waals surface area contributed by atoms with Crippen molar-refractivity contribution in [1.82, 2.24) is 9.62 Å². The summed E-state index contributed by atoms with van der Waals surface area (Å²) in [5, 5.41) is 0. The van der Waals surface area contributed by atoms with Gasteiger partial charge in [-0.1, -0.05) is 0 Å². The number of aryl methyl sites for hydroxylation is 2. The van der Waals surface area contributed by atoms with E-state index in [-0.39, 0.29) is 11.8 Å². The third-order valence-electron chi connectivity index (χ3n) is 4.65. The first-order valence-electron chi connectivity index (χ1n) is 8.28. The van der Waals surface area contributed by atoms with Crippen LogP contribution in [0.25, 0.3) is 0 Å². The van der Waals surface area contributed by atoms with Crippen LogP contribution in [0, 0.1) is 5.92 Å². The Morgan fingerprint density at radius 1 is 1.35 bits per heavy atom. The van der Waals surface area contributed by atoms with Crippen LogP contribution in [-0.2, 0) is 22.9 Å². The van der Waals surface area contributed by atoms with Crippen LogP contribution >= 0.6 is 11.3 Å². The van der Waals surface area contributed by atoms with Crippen molar-refractivity contribution >= 4 is 27.3 Å². The topological polar surface area (TPSA) is 66.5 Å². The molecular weight excluding hydrogens is 332 g/mol. The van der Waals surface area contributed by atoms with Crippen molar-refractivity contribution in [3.05, 3.63) is 21.4 Å². The average molecular weight is 357 g/mol. The second-order valence-electron chi connectivity index (χ2n) is 6.65. The van der Waals surface area contributed by atoms with E-state index in [1.165, 1.54) is 29.5 Å². The summed E-state index contributed by atoms with van der Waals surface area (Å²) in [6.45, 7) is 1.84. The molecule has 7 heteroatoms. The van der Waals surface area contributed by atoms with Gasteiger partial charge in [0.05, 0.1) is 11.1 Å². The van der Waals surface area contributed by atoms with Gasteiger partial charge in [-0.15, -0.1) is 11.3 Å². The minimum Gasteiger partial charge on any atom is -0.338 e. The van der Waals surface area contributed by atoms with Crippen LogP contribution < -0.4 is 4.72 Å². The summed E-state index contributed by atoms with van der Waals surface area (Å²) in [5.41, 5.74) is 1.36. The fraction of sp³-hybridized carbons (Fsp3) is 0.688. The molecule has 1 aromatic rings. The van der Waals surface area contributed by atoms with E-state index in [2.05, 4.69) is 10.8 Å². The monoisotopic (exact) mass is 356 g/mol. The predicted molar refractivity (Wildman–Crippen MR) is 92.4 cm³/mol. The van der Waals surface area contributed by atoms with Crippen LogP contribution in [-0.4, -0.2) is 45.1 Å². The largest absolute Gasteiger partial charge is 0.338 e. The molecule has 0 saturated carbocycles. The van der Waals surface area contributed by atoms with E-state index in [1.54, 1.807) is 11.3 Å². The molecule has 0 spiro atoms. The standard InChI is InChI=1S/C16H24N2O3S2/c1-23(20,21)17-10-12-5-4-8-18(11-12)16(19)15-9-13-6-2-3-7-14(13)22-15/h9,12,17H,2-8,10-11H2,1H3/t12-/m1/s1. The summed E-state index contributed by atoms with van der Waals surface area (Å²) in [5.74, 6) is 0.325. The van der Waals surface area contributed by atoms with Gasteiger partial charge in [0.2, 0.25) is 10.0 Å². The van der Waals surface area contributed by atoms with Gasteiger partial charge in [0.25, 0.3) is 5.91 Å². The normalized spacial score (nSPS) is 22.0. The SMILES string of the molecule is CS(=O)(=O)NC[C@H]1CCCN(C(=O)c2cc3c(s2)CCCC3)C1. The smallest absolute Gasteiger partial charge is 0.263 e. The molecule has 1 fully saturated rings. The fourth-order valence-electron chi connectivity index (χ4n) is 3.44. The first kappa shape index (κ1) is 16.9. The number of carbonyl (C=O) groups excluding carboxylic acids is 1. The Morgan fingerprint density at radius 2 is 2.13 bits per heavy atom. The highest BCUT2D eigenvalue weighted by Crippen LogP contribution is 2.31. The number of fused-ring (bicyclic) bond motifs is 1. The zero-order chi connectivity index (χ0) is 16.4. The summed E-state index contributed by atoms with van der Waals surface area (Å²) < 4.78 is 25.0. The molecule has 1 aliphatic carbocycles. The highest BCUT2D eigenvalue weighted by molar-refractivity contribution is 7.88. The van der Waals surface area contributed by atoms with Crippen molar-refractivity contribution in [2.45, 2.75) is 38.5 Å². The summed E-state index contributed by atoms with van der Waals surface area (Å²) in [4.78, 5) is 16.9. The maximum Gasteiger partial charge on any atom is 0.263 e. The number of thiophene rings is 1. The number of amides is 1. The lowest BCUT2D eigenvalue weighted by Crippen LogP contribution is -2.43. The minimum atomic E-state index is -3.17.